The van der Waals surface area contributed by atoms with Crippen molar-refractivity contribution in [1.82, 2.24) is 4.90 Å². The zero-order valence-electron chi connectivity index (χ0n) is 15.9. The van der Waals surface area contributed by atoms with Gasteiger partial charge in [0, 0.05) is 35.2 Å². The largest absolute Gasteiger partial charge is 0.326 e. The zero-order valence-corrected chi connectivity index (χ0v) is 15.9. The number of imide groups is 1. The molecule has 146 valence electrons. The van der Waals surface area contributed by atoms with Gasteiger partial charge in [0.1, 0.15) is 5.82 Å². The summed E-state index contributed by atoms with van der Waals surface area (Å²) in [5.74, 6) is -1.29. The molecule has 0 atom stereocenters. The first kappa shape index (κ1) is 18.8. The maximum absolute atomic E-state index is 13.2. The molecule has 3 amide bonds. The predicted octanol–water partition coefficient (Wildman–Crippen LogP) is 4.30. The van der Waals surface area contributed by atoms with Gasteiger partial charge in [-0.05, 0) is 54.6 Å². The third-order valence-electron chi connectivity index (χ3n) is 5.10. The summed E-state index contributed by atoms with van der Waals surface area (Å²) in [5.41, 5.74) is 2.18. The third kappa shape index (κ3) is 3.49. The Morgan fingerprint density at radius 2 is 1.66 bits per heavy atom. The number of carbonyl (C=O) groups is 3. The lowest BCUT2D eigenvalue weighted by molar-refractivity contribution is -0.116. The Morgan fingerprint density at radius 3 is 2.28 bits per heavy atom. The summed E-state index contributed by atoms with van der Waals surface area (Å²) < 4.78 is 13.2. The highest BCUT2D eigenvalue weighted by Crippen LogP contribution is 2.30. The Morgan fingerprint density at radius 1 is 1.00 bits per heavy atom. The van der Waals surface area contributed by atoms with Crippen molar-refractivity contribution in [2.75, 3.05) is 11.9 Å². The van der Waals surface area contributed by atoms with Crippen molar-refractivity contribution in [2.24, 2.45) is 0 Å². The van der Waals surface area contributed by atoms with Gasteiger partial charge in [0.2, 0.25) is 5.91 Å². The normalized spacial score (nSPS) is 13.1. The van der Waals surface area contributed by atoms with Gasteiger partial charge in [-0.3, -0.25) is 19.3 Å². The van der Waals surface area contributed by atoms with Gasteiger partial charge in [-0.25, -0.2) is 4.39 Å². The van der Waals surface area contributed by atoms with Gasteiger partial charge in [0.05, 0.1) is 0 Å². The van der Waals surface area contributed by atoms with Crippen LogP contribution < -0.4 is 5.32 Å². The van der Waals surface area contributed by atoms with Crippen LogP contribution in [0.1, 0.15) is 39.1 Å². The monoisotopic (exact) mass is 390 g/mol. The van der Waals surface area contributed by atoms with E-state index >= 15 is 0 Å². The Bertz CT molecular complexity index is 1110. The van der Waals surface area contributed by atoms with Crippen LogP contribution in [0.4, 0.5) is 10.1 Å². The molecular weight excluding hydrogens is 371 g/mol. The lowest BCUT2D eigenvalue weighted by atomic mass is 9.94. The van der Waals surface area contributed by atoms with Crippen LogP contribution in [0.5, 0.6) is 0 Å². The average Bonchev–Trinajstić information content (AvgIpc) is 2.70. The molecule has 1 heterocycles. The molecular formula is C23H19FN2O3. The number of amides is 3. The molecule has 6 heteroatoms. The maximum atomic E-state index is 13.2. The molecule has 1 N–H and O–H groups in total. The summed E-state index contributed by atoms with van der Waals surface area (Å²) in [4.78, 5) is 39.1. The number of hydrogen-bond acceptors (Lipinski definition) is 3. The van der Waals surface area contributed by atoms with Crippen LogP contribution in [0.25, 0.3) is 10.8 Å². The van der Waals surface area contributed by atoms with E-state index in [1.165, 1.54) is 23.1 Å². The van der Waals surface area contributed by atoms with Crippen molar-refractivity contribution >= 4 is 34.2 Å². The zero-order chi connectivity index (χ0) is 20.5. The third-order valence-corrected chi connectivity index (χ3v) is 5.10. The van der Waals surface area contributed by atoms with E-state index in [0.29, 0.717) is 34.2 Å². The average molecular weight is 390 g/mol. The van der Waals surface area contributed by atoms with Gasteiger partial charge in [-0.15, -0.1) is 0 Å². The van der Waals surface area contributed by atoms with Crippen molar-refractivity contribution < 1.29 is 18.8 Å². The first-order valence-corrected chi connectivity index (χ1v) is 9.39. The fourth-order valence-electron chi connectivity index (χ4n) is 3.66. The molecule has 0 unspecified atom stereocenters. The van der Waals surface area contributed by atoms with Crippen molar-refractivity contribution in [3.8, 4) is 0 Å². The highest BCUT2D eigenvalue weighted by molar-refractivity contribution is 6.25. The smallest absolute Gasteiger partial charge is 0.261 e. The number of hydrogen-bond donors (Lipinski definition) is 1. The minimum atomic E-state index is -0.363. The van der Waals surface area contributed by atoms with Gasteiger partial charge < -0.3 is 5.32 Å². The van der Waals surface area contributed by atoms with E-state index in [1.807, 2.05) is 12.1 Å². The molecule has 0 bridgehead atoms. The number of anilines is 1. The predicted molar refractivity (Wildman–Crippen MR) is 108 cm³/mol. The molecule has 0 saturated heterocycles. The number of halogens is 1. The fourth-order valence-corrected chi connectivity index (χ4v) is 3.66. The van der Waals surface area contributed by atoms with E-state index in [1.54, 1.807) is 31.2 Å². The van der Waals surface area contributed by atoms with Crippen LogP contribution in [0.2, 0.25) is 0 Å². The van der Waals surface area contributed by atoms with Crippen LogP contribution in [0.3, 0.4) is 0 Å². The summed E-state index contributed by atoms with van der Waals surface area (Å²) >= 11 is 0. The number of aryl methyl sites for hydroxylation is 1. The summed E-state index contributed by atoms with van der Waals surface area (Å²) in [6.07, 6.45) is 0.474. The van der Waals surface area contributed by atoms with Crippen molar-refractivity contribution in [2.45, 2.75) is 19.8 Å². The molecule has 0 saturated carbocycles. The van der Waals surface area contributed by atoms with E-state index in [-0.39, 0.29) is 36.5 Å². The van der Waals surface area contributed by atoms with E-state index in [0.717, 1.165) is 5.39 Å². The molecule has 1 aliphatic heterocycles. The van der Waals surface area contributed by atoms with Crippen molar-refractivity contribution in [3.63, 3.8) is 0 Å². The van der Waals surface area contributed by atoms with E-state index in [4.69, 9.17) is 0 Å². The van der Waals surface area contributed by atoms with Gasteiger partial charge >= 0.3 is 0 Å². The van der Waals surface area contributed by atoms with Crippen LogP contribution in [0, 0.1) is 12.7 Å². The Kier molecular flexibility index (Phi) is 4.84. The standard InChI is InChI=1S/C23H19FN2O3/c1-14-13-16(24)10-11-19(14)25-20(27)9-4-12-26-22(28)17-7-2-5-15-6-3-8-18(21(15)17)23(26)29/h2-3,5-8,10-11,13H,4,9,12H2,1H3,(H,25,27). The Labute approximate surface area is 167 Å². The molecule has 29 heavy (non-hydrogen) atoms. The van der Waals surface area contributed by atoms with Gasteiger partial charge in [-0.1, -0.05) is 24.3 Å². The first-order chi connectivity index (χ1) is 14.0. The second kappa shape index (κ2) is 7.47. The minimum absolute atomic E-state index is 0.139. The molecule has 1 aliphatic rings. The van der Waals surface area contributed by atoms with E-state index < -0.39 is 0 Å². The fraction of sp³-hybridized carbons (Fsp3) is 0.174. The SMILES string of the molecule is Cc1cc(F)ccc1NC(=O)CCCN1C(=O)c2cccc3cccc(c23)C1=O. The van der Waals surface area contributed by atoms with Gasteiger partial charge in [0.15, 0.2) is 0 Å². The second-order valence-corrected chi connectivity index (χ2v) is 7.08. The van der Waals surface area contributed by atoms with Crippen molar-refractivity contribution in [1.29, 1.82) is 0 Å². The lowest BCUT2D eigenvalue weighted by Crippen LogP contribution is -2.41. The quantitative estimate of drug-likeness (QED) is 0.661. The topological polar surface area (TPSA) is 66.5 Å². The number of benzene rings is 3. The molecule has 0 spiro atoms. The minimum Gasteiger partial charge on any atom is -0.326 e. The number of rotatable bonds is 5. The molecule has 3 aromatic carbocycles. The molecule has 0 aromatic heterocycles. The van der Waals surface area contributed by atoms with E-state index in [9.17, 15) is 18.8 Å². The van der Waals surface area contributed by atoms with E-state index in [2.05, 4.69) is 5.32 Å². The summed E-state index contributed by atoms with van der Waals surface area (Å²) in [5, 5.41) is 4.28. The van der Waals surface area contributed by atoms with Gasteiger partial charge in [-0.2, -0.15) is 0 Å². The molecule has 0 fully saturated rings. The van der Waals surface area contributed by atoms with Crippen LogP contribution in [-0.4, -0.2) is 29.2 Å². The summed E-state index contributed by atoms with van der Waals surface area (Å²) in [6, 6.07) is 14.9. The lowest BCUT2D eigenvalue weighted by Gasteiger charge is -2.27. The molecule has 3 aromatic rings. The Hall–Kier alpha value is -3.54. The molecule has 4 rings (SSSR count). The second-order valence-electron chi connectivity index (χ2n) is 7.08. The highest BCUT2D eigenvalue weighted by Gasteiger charge is 2.32. The Balaban J connectivity index is 1.43. The molecule has 0 radical (unpaired) electrons. The van der Waals surface area contributed by atoms with Gasteiger partial charge in [0.25, 0.3) is 11.8 Å². The molecule has 0 aliphatic carbocycles. The number of nitrogens with zero attached hydrogens (tertiary/aromatic N) is 1. The summed E-state index contributed by atoms with van der Waals surface area (Å²) in [6.45, 7) is 1.86. The highest BCUT2D eigenvalue weighted by atomic mass is 19.1. The number of nitrogens with one attached hydrogen (secondary N) is 1. The maximum Gasteiger partial charge on any atom is 0.261 e. The summed E-state index contributed by atoms with van der Waals surface area (Å²) in [7, 11) is 0. The number of carbonyl (C=O) groups excluding carboxylic acids is 3. The van der Waals surface area contributed by atoms with Crippen LogP contribution >= 0.6 is 0 Å². The van der Waals surface area contributed by atoms with Crippen molar-refractivity contribution in [3.05, 3.63) is 77.1 Å². The van der Waals surface area contributed by atoms with Crippen LogP contribution in [-0.2, 0) is 4.79 Å². The molecule has 5 nitrogen and oxygen atoms in total. The first-order valence-electron chi connectivity index (χ1n) is 9.39. The van der Waals surface area contributed by atoms with Crippen LogP contribution in [0.15, 0.2) is 54.6 Å².